The van der Waals surface area contributed by atoms with E-state index in [0.29, 0.717) is 6.42 Å². The summed E-state index contributed by atoms with van der Waals surface area (Å²) < 4.78 is 0. The summed E-state index contributed by atoms with van der Waals surface area (Å²) in [7, 11) is 0. The molecular weight excluding hydrogens is 264 g/mol. The average Bonchev–Trinajstić information content (AvgIpc) is 2.39. The maximum atomic E-state index is 10.0. The van der Waals surface area contributed by atoms with Gasteiger partial charge in [0, 0.05) is 6.42 Å². The lowest BCUT2D eigenvalue weighted by molar-refractivity contribution is -0.137. The zero-order chi connectivity index (χ0) is 16.5. The molecule has 0 fully saturated rings. The first-order valence-corrected chi connectivity index (χ1v) is 8.05. The number of carbonyl (C=O) groups is 1. The number of hydrogen-bond donors (Lipinski definition) is 2. The molecule has 0 saturated carbocycles. The summed E-state index contributed by atoms with van der Waals surface area (Å²) in [6.45, 7) is 8.57. The molecule has 0 radical (unpaired) electrons. The van der Waals surface area contributed by atoms with E-state index in [1.807, 2.05) is 6.08 Å². The number of carboxylic acids is 1. The van der Waals surface area contributed by atoms with Gasteiger partial charge in [0.1, 0.15) is 0 Å². The van der Waals surface area contributed by atoms with Crippen LogP contribution < -0.4 is 0 Å². The number of carboxylic acid groups (broad SMARTS) is 1. The van der Waals surface area contributed by atoms with Gasteiger partial charge in [-0.25, -0.2) is 0 Å². The Morgan fingerprint density at radius 3 is 2.05 bits per heavy atom. The normalized spacial score (nSPS) is 10.6. The van der Waals surface area contributed by atoms with Gasteiger partial charge in [-0.2, -0.15) is 0 Å². The Bertz CT molecular complexity index is 300. The van der Waals surface area contributed by atoms with Crippen molar-refractivity contribution in [3.05, 3.63) is 23.3 Å². The fourth-order valence-corrected chi connectivity index (χ4v) is 1.73. The van der Waals surface area contributed by atoms with E-state index >= 15 is 0 Å². The summed E-state index contributed by atoms with van der Waals surface area (Å²) in [6, 6.07) is 0. The first-order chi connectivity index (χ1) is 9.93. The van der Waals surface area contributed by atoms with Crippen molar-refractivity contribution < 1.29 is 15.0 Å². The minimum atomic E-state index is -0.670. The van der Waals surface area contributed by atoms with Gasteiger partial charge < -0.3 is 10.2 Å². The summed E-state index contributed by atoms with van der Waals surface area (Å²) in [5, 5.41) is 16.8. The van der Waals surface area contributed by atoms with Gasteiger partial charge in [-0.15, -0.1) is 0 Å². The fraction of sp³-hybridized carbons (Fsp3) is 0.722. The van der Waals surface area contributed by atoms with Crippen molar-refractivity contribution in [2.24, 2.45) is 0 Å². The second-order valence-corrected chi connectivity index (χ2v) is 5.61. The Kier molecular flexibility index (Phi) is 17.9. The molecule has 0 unspecified atom stereocenters. The molecule has 0 heterocycles. The number of aliphatic hydroxyl groups is 1. The second-order valence-electron chi connectivity index (χ2n) is 5.61. The zero-order valence-electron chi connectivity index (χ0n) is 14.3. The molecule has 3 nitrogen and oxygen atoms in total. The van der Waals surface area contributed by atoms with Crippen LogP contribution in [0.1, 0.15) is 79.1 Å². The fourth-order valence-electron chi connectivity index (χ4n) is 1.73. The number of aliphatic carboxylic acids is 1. The highest BCUT2D eigenvalue weighted by atomic mass is 16.4. The lowest BCUT2D eigenvalue weighted by Gasteiger charge is -1.96. The zero-order valence-corrected chi connectivity index (χ0v) is 14.3. The van der Waals surface area contributed by atoms with E-state index in [9.17, 15) is 4.79 Å². The van der Waals surface area contributed by atoms with E-state index in [1.54, 1.807) is 0 Å². The van der Waals surface area contributed by atoms with Gasteiger partial charge in [-0.1, -0.05) is 55.9 Å². The minimum Gasteiger partial charge on any atom is -0.481 e. The SMILES string of the molecule is CC(C)=CCCC(C)=CCO.CCCCCCCC(=O)O. The minimum absolute atomic E-state index is 0.167. The quantitative estimate of drug-likeness (QED) is 0.435. The van der Waals surface area contributed by atoms with Gasteiger partial charge >= 0.3 is 5.97 Å². The van der Waals surface area contributed by atoms with Gasteiger partial charge in [0.05, 0.1) is 6.61 Å². The van der Waals surface area contributed by atoms with Crippen LogP contribution >= 0.6 is 0 Å². The molecule has 21 heavy (non-hydrogen) atoms. The summed E-state index contributed by atoms with van der Waals surface area (Å²) in [5.74, 6) is -0.670. The number of rotatable bonds is 10. The second kappa shape index (κ2) is 17.0. The summed E-state index contributed by atoms with van der Waals surface area (Å²) in [6.07, 6.45) is 12.1. The van der Waals surface area contributed by atoms with Gasteiger partial charge in [-0.05, 0) is 40.0 Å². The molecule has 0 aromatic carbocycles. The number of aliphatic hydroxyl groups excluding tert-OH is 1. The van der Waals surface area contributed by atoms with Crippen molar-refractivity contribution in [2.75, 3.05) is 6.61 Å². The van der Waals surface area contributed by atoms with E-state index in [1.165, 1.54) is 30.4 Å². The van der Waals surface area contributed by atoms with Crippen molar-refractivity contribution in [3.8, 4) is 0 Å². The number of unbranched alkanes of at least 4 members (excludes halogenated alkanes) is 4. The molecule has 2 N–H and O–H groups in total. The molecule has 0 rings (SSSR count). The number of allylic oxidation sites excluding steroid dienone is 3. The van der Waals surface area contributed by atoms with Crippen LogP contribution in [0.25, 0.3) is 0 Å². The molecule has 0 aromatic rings. The summed E-state index contributed by atoms with van der Waals surface area (Å²) >= 11 is 0. The van der Waals surface area contributed by atoms with Gasteiger partial charge in [0.2, 0.25) is 0 Å². The molecule has 0 spiro atoms. The first-order valence-electron chi connectivity index (χ1n) is 8.05. The third-order valence-electron chi connectivity index (χ3n) is 3.03. The summed E-state index contributed by atoms with van der Waals surface area (Å²) in [4.78, 5) is 10.0. The van der Waals surface area contributed by atoms with E-state index in [0.717, 1.165) is 25.7 Å². The monoisotopic (exact) mass is 298 g/mol. The van der Waals surface area contributed by atoms with Crippen LogP contribution in [0.5, 0.6) is 0 Å². The first kappa shape index (κ1) is 22.2. The van der Waals surface area contributed by atoms with E-state index in [2.05, 4.69) is 33.8 Å². The molecule has 124 valence electrons. The molecule has 0 atom stereocenters. The average molecular weight is 298 g/mol. The molecule has 0 bridgehead atoms. The van der Waals surface area contributed by atoms with Crippen LogP contribution in [0, 0.1) is 0 Å². The molecule has 0 saturated heterocycles. The molecule has 0 aliphatic carbocycles. The molecule has 0 amide bonds. The van der Waals surface area contributed by atoms with E-state index in [-0.39, 0.29) is 6.61 Å². The van der Waals surface area contributed by atoms with Crippen LogP contribution in [0.4, 0.5) is 0 Å². The van der Waals surface area contributed by atoms with Crippen molar-refractivity contribution in [2.45, 2.75) is 79.1 Å². The molecule has 0 aliphatic heterocycles. The Balaban J connectivity index is 0. The maximum absolute atomic E-state index is 10.0. The lowest BCUT2D eigenvalue weighted by Crippen LogP contribution is -1.93. The Labute approximate surface area is 130 Å². The predicted octanol–water partition coefficient (Wildman–Crippen LogP) is 5.10. The highest BCUT2D eigenvalue weighted by molar-refractivity contribution is 5.66. The van der Waals surface area contributed by atoms with Crippen LogP contribution in [0.2, 0.25) is 0 Å². The Morgan fingerprint density at radius 2 is 1.57 bits per heavy atom. The van der Waals surface area contributed by atoms with Crippen molar-refractivity contribution >= 4 is 5.97 Å². The maximum Gasteiger partial charge on any atom is 0.303 e. The van der Waals surface area contributed by atoms with Crippen molar-refractivity contribution in [1.29, 1.82) is 0 Å². The van der Waals surface area contributed by atoms with Crippen LogP contribution in [0.15, 0.2) is 23.3 Å². The molecule has 3 heteroatoms. The molecule has 0 aliphatic rings. The van der Waals surface area contributed by atoms with Gasteiger partial charge in [0.15, 0.2) is 0 Å². The lowest BCUT2D eigenvalue weighted by atomic mass is 10.1. The van der Waals surface area contributed by atoms with Gasteiger partial charge in [0.25, 0.3) is 0 Å². The van der Waals surface area contributed by atoms with E-state index in [4.69, 9.17) is 10.2 Å². The van der Waals surface area contributed by atoms with Crippen molar-refractivity contribution in [3.63, 3.8) is 0 Å². The van der Waals surface area contributed by atoms with E-state index < -0.39 is 5.97 Å². The largest absolute Gasteiger partial charge is 0.481 e. The third kappa shape index (κ3) is 24.3. The third-order valence-corrected chi connectivity index (χ3v) is 3.03. The topological polar surface area (TPSA) is 57.5 Å². The Morgan fingerprint density at radius 1 is 0.952 bits per heavy atom. The van der Waals surface area contributed by atoms with Crippen LogP contribution in [-0.2, 0) is 4.79 Å². The smallest absolute Gasteiger partial charge is 0.303 e. The number of hydrogen-bond acceptors (Lipinski definition) is 2. The highest BCUT2D eigenvalue weighted by Crippen LogP contribution is 2.05. The molecule has 0 aromatic heterocycles. The summed E-state index contributed by atoms with van der Waals surface area (Å²) in [5.41, 5.74) is 2.63. The predicted molar refractivity (Wildman–Crippen MR) is 90.5 cm³/mol. The Hall–Kier alpha value is -1.09. The molecular formula is C18H34O3. The van der Waals surface area contributed by atoms with Crippen molar-refractivity contribution in [1.82, 2.24) is 0 Å². The van der Waals surface area contributed by atoms with Crippen LogP contribution in [0.3, 0.4) is 0 Å². The van der Waals surface area contributed by atoms with Crippen LogP contribution in [-0.4, -0.2) is 22.8 Å². The highest BCUT2D eigenvalue weighted by Gasteiger charge is 1.94. The van der Waals surface area contributed by atoms with Gasteiger partial charge in [-0.3, -0.25) is 4.79 Å². The standard InChI is InChI=1S/C10H18O.C8H16O2/c1-9(2)5-4-6-10(3)7-8-11;1-2-3-4-5-6-7-8(9)10/h5,7,11H,4,6,8H2,1-3H3;2-7H2,1H3,(H,9,10).